The van der Waals surface area contributed by atoms with E-state index in [4.69, 9.17) is 0 Å². The van der Waals surface area contributed by atoms with Crippen LogP contribution in [-0.4, -0.2) is 0 Å². The van der Waals surface area contributed by atoms with Gasteiger partial charge in [-0.3, -0.25) is 0 Å². The highest BCUT2D eigenvalue weighted by atomic mass is 15.2. The normalized spacial score (nSPS) is 11.9. The molecule has 0 N–H and O–H groups in total. The molecule has 0 aliphatic rings. The van der Waals surface area contributed by atoms with Crippen molar-refractivity contribution in [2.75, 3.05) is 9.80 Å². The smallest absolute Gasteiger partial charge is 0.0561 e. The second-order valence-corrected chi connectivity index (χ2v) is 14.0. The zero-order chi connectivity index (χ0) is 33.0. The van der Waals surface area contributed by atoms with Gasteiger partial charge in [-0.05, 0) is 94.6 Å². The summed E-state index contributed by atoms with van der Waals surface area (Å²) in [6.07, 6.45) is 0. The SMILES string of the molecule is Cc1ccccc1N(c1ccccc1)c1cc(N(c2ccccc2)c2ccccc2C)c2ccc3cc(C(C)(C)C)cc4ccc1c2c43. The number of anilines is 6. The number of hydrogen-bond acceptors (Lipinski definition) is 2. The van der Waals surface area contributed by atoms with Crippen molar-refractivity contribution in [3.05, 3.63) is 168 Å². The minimum absolute atomic E-state index is 0.0463. The summed E-state index contributed by atoms with van der Waals surface area (Å²) in [5.74, 6) is 0. The van der Waals surface area contributed by atoms with Crippen LogP contribution in [0.4, 0.5) is 34.1 Å². The third-order valence-electron chi connectivity index (χ3n) is 9.76. The summed E-state index contributed by atoms with van der Waals surface area (Å²) in [6.45, 7) is 11.3. The van der Waals surface area contributed by atoms with Crippen molar-refractivity contribution in [1.29, 1.82) is 0 Å². The lowest BCUT2D eigenvalue weighted by atomic mass is 9.83. The Hall–Kier alpha value is -5.60. The fourth-order valence-electron chi connectivity index (χ4n) is 7.28. The fourth-order valence-corrected chi connectivity index (χ4v) is 7.28. The standard InChI is InChI=1S/C46H40N2/c1-31-16-12-14-22-40(31)47(36-18-8-6-9-19-36)42-30-43(48(37-20-10-7-11-21-37)41-23-15-13-17-32(41)2)39-27-25-34-29-35(46(3,4)5)28-33-24-26-38(42)45(39)44(33)34/h6-30H,1-5H3. The highest BCUT2D eigenvalue weighted by Crippen LogP contribution is 2.51. The largest absolute Gasteiger partial charge is 0.310 e. The Morgan fingerprint density at radius 1 is 0.396 bits per heavy atom. The van der Waals surface area contributed by atoms with E-state index in [-0.39, 0.29) is 5.41 Å². The molecule has 2 nitrogen and oxygen atoms in total. The van der Waals surface area contributed by atoms with E-state index in [1.54, 1.807) is 0 Å². The lowest BCUT2D eigenvalue weighted by molar-refractivity contribution is 0.591. The van der Waals surface area contributed by atoms with Gasteiger partial charge < -0.3 is 9.80 Å². The van der Waals surface area contributed by atoms with Crippen LogP contribution in [-0.2, 0) is 5.41 Å². The van der Waals surface area contributed by atoms with Crippen LogP contribution in [0.3, 0.4) is 0 Å². The number of nitrogens with zero attached hydrogens (tertiary/aromatic N) is 2. The Balaban J connectivity index is 1.56. The van der Waals surface area contributed by atoms with Gasteiger partial charge in [0.2, 0.25) is 0 Å². The van der Waals surface area contributed by atoms with Gasteiger partial charge in [0.1, 0.15) is 0 Å². The highest BCUT2D eigenvalue weighted by molar-refractivity contribution is 6.29. The number of rotatable bonds is 6. The molecule has 0 aliphatic heterocycles. The van der Waals surface area contributed by atoms with Crippen LogP contribution in [0.15, 0.2) is 152 Å². The molecule has 8 aromatic rings. The van der Waals surface area contributed by atoms with E-state index < -0.39 is 0 Å². The van der Waals surface area contributed by atoms with Crippen LogP contribution in [0.1, 0.15) is 37.5 Å². The second-order valence-electron chi connectivity index (χ2n) is 14.0. The van der Waals surface area contributed by atoms with E-state index in [9.17, 15) is 0 Å². The molecule has 0 saturated carbocycles. The molecule has 0 atom stereocenters. The molecule has 0 aliphatic carbocycles. The van der Waals surface area contributed by atoms with Crippen LogP contribution in [0.2, 0.25) is 0 Å². The maximum absolute atomic E-state index is 2.45. The summed E-state index contributed by atoms with van der Waals surface area (Å²) in [5.41, 5.74) is 10.8. The highest BCUT2D eigenvalue weighted by Gasteiger charge is 2.26. The minimum Gasteiger partial charge on any atom is -0.310 e. The van der Waals surface area contributed by atoms with Gasteiger partial charge in [-0.15, -0.1) is 0 Å². The van der Waals surface area contributed by atoms with Crippen LogP contribution in [0.5, 0.6) is 0 Å². The van der Waals surface area contributed by atoms with Crippen molar-refractivity contribution in [2.24, 2.45) is 0 Å². The lowest BCUT2D eigenvalue weighted by Crippen LogP contribution is -2.15. The maximum atomic E-state index is 2.45. The molecule has 0 radical (unpaired) electrons. The van der Waals surface area contributed by atoms with Crippen molar-refractivity contribution in [3.8, 4) is 0 Å². The van der Waals surface area contributed by atoms with Gasteiger partial charge in [0.25, 0.3) is 0 Å². The Morgan fingerprint density at radius 2 is 0.812 bits per heavy atom. The molecule has 8 rings (SSSR count). The summed E-state index contributed by atoms with van der Waals surface area (Å²) in [5, 5.41) is 7.64. The van der Waals surface area contributed by atoms with E-state index in [0.29, 0.717) is 0 Å². The number of aryl methyl sites for hydroxylation is 2. The van der Waals surface area contributed by atoms with Gasteiger partial charge in [-0.2, -0.15) is 0 Å². The molecule has 0 spiro atoms. The van der Waals surface area contributed by atoms with Gasteiger partial charge >= 0.3 is 0 Å². The van der Waals surface area contributed by atoms with Gasteiger partial charge in [0.15, 0.2) is 0 Å². The van der Waals surface area contributed by atoms with Gasteiger partial charge in [-0.25, -0.2) is 0 Å². The maximum Gasteiger partial charge on any atom is 0.0561 e. The van der Waals surface area contributed by atoms with Gasteiger partial charge in [0.05, 0.1) is 11.4 Å². The zero-order valence-corrected chi connectivity index (χ0v) is 28.3. The molecule has 0 aromatic heterocycles. The first-order valence-corrected chi connectivity index (χ1v) is 16.9. The van der Waals surface area contributed by atoms with E-state index in [2.05, 4.69) is 196 Å². The first-order chi connectivity index (χ1) is 23.3. The molecule has 8 aromatic carbocycles. The third kappa shape index (κ3) is 4.96. The van der Waals surface area contributed by atoms with Crippen molar-refractivity contribution in [3.63, 3.8) is 0 Å². The quantitative estimate of drug-likeness (QED) is 0.171. The van der Waals surface area contributed by atoms with E-state index >= 15 is 0 Å². The molecule has 2 heteroatoms. The number of benzene rings is 8. The summed E-state index contributed by atoms with van der Waals surface area (Å²) < 4.78 is 0. The molecule has 0 saturated heterocycles. The monoisotopic (exact) mass is 620 g/mol. The molecule has 234 valence electrons. The van der Waals surface area contributed by atoms with Crippen LogP contribution in [0.25, 0.3) is 32.3 Å². The Kier molecular flexibility index (Phi) is 7.18. The van der Waals surface area contributed by atoms with E-state index in [0.717, 1.165) is 22.7 Å². The number of para-hydroxylation sites is 4. The Labute approximate surface area is 283 Å². The molecule has 0 unspecified atom stereocenters. The first-order valence-electron chi connectivity index (χ1n) is 16.9. The van der Waals surface area contributed by atoms with Crippen molar-refractivity contribution < 1.29 is 0 Å². The van der Waals surface area contributed by atoms with Gasteiger partial charge in [-0.1, -0.05) is 130 Å². The summed E-state index contributed by atoms with van der Waals surface area (Å²) in [7, 11) is 0. The molecule has 0 heterocycles. The molecule has 0 amide bonds. The third-order valence-corrected chi connectivity index (χ3v) is 9.76. The van der Waals surface area contributed by atoms with Crippen LogP contribution in [0, 0.1) is 13.8 Å². The topological polar surface area (TPSA) is 6.48 Å². The average molecular weight is 621 g/mol. The van der Waals surface area contributed by atoms with Crippen LogP contribution >= 0.6 is 0 Å². The Bertz CT molecular complexity index is 2240. The molecular weight excluding hydrogens is 581 g/mol. The molecule has 48 heavy (non-hydrogen) atoms. The number of hydrogen-bond donors (Lipinski definition) is 0. The summed E-state index contributed by atoms with van der Waals surface area (Å²) in [6, 6.07) is 55.6. The fraction of sp³-hybridized carbons (Fsp3) is 0.130. The van der Waals surface area contributed by atoms with Gasteiger partial charge in [0, 0.05) is 38.9 Å². The minimum atomic E-state index is 0.0463. The molecular formula is C46H40N2. The predicted molar refractivity (Wildman–Crippen MR) is 208 cm³/mol. The summed E-state index contributed by atoms with van der Waals surface area (Å²) >= 11 is 0. The summed E-state index contributed by atoms with van der Waals surface area (Å²) in [4.78, 5) is 4.90. The predicted octanol–water partition coefficient (Wildman–Crippen LogP) is 13.4. The molecule has 0 fully saturated rings. The van der Waals surface area contributed by atoms with Crippen molar-refractivity contribution in [1.82, 2.24) is 0 Å². The molecule has 0 bridgehead atoms. The van der Waals surface area contributed by atoms with Crippen molar-refractivity contribution in [2.45, 2.75) is 40.0 Å². The van der Waals surface area contributed by atoms with Crippen molar-refractivity contribution >= 4 is 66.4 Å². The lowest BCUT2D eigenvalue weighted by Gasteiger charge is -2.33. The first kappa shape index (κ1) is 29.8. The Morgan fingerprint density at radius 3 is 1.23 bits per heavy atom. The van der Waals surface area contributed by atoms with Crippen LogP contribution < -0.4 is 9.80 Å². The zero-order valence-electron chi connectivity index (χ0n) is 28.3. The van der Waals surface area contributed by atoms with E-state index in [1.165, 1.54) is 60.4 Å². The average Bonchev–Trinajstić information content (AvgIpc) is 3.10. The second kappa shape index (κ2) is 11.6. The van der Waals surface area contributed by atoms with E-state index in [1.807, 2.05) is 0 Å².